The summed E-state index contributed by atoms with van der Waals surface area (Å²) in [4.78, 5) is 19.1. The number of likely N-dealkylation sites (tertiary alicyclic amines) is 1. The monoisotopic (exact) mass is 312 g/mol. The van der Waals surface area contributed by atoms with Gasteiger partial charge < -0.3 is 20.7 Å². The summed E-state index contributed by atoms with van der Waals surface area (Å²) in [5.74, 6) is 0.319. The van der Waals surface area contributed by atoms with Gasteiger partial charge in [-0.2, -0.15) is 0 Å². The van der Waals surface area contributed by atoms with Crippen LogP contribution < -0.4 is 11.1 Å². The Morgan fingerprint density at radius 1 is 1.48 bits per heavy atom. The van der Waals surface area contributed by atoms with E-state index in [9.17, 15) is 4.79 Å². The Balaban J connectivity index is 1.95. The summed E-state index contributed by atoms with van der Waals surface area (Å²) in [5, 5.41) is 3.90. The predicted molar refractivity (Wildman–Crippen MR) is 85.9 cm³/mol. The zero-order chi connectivity index (χ0) is 15.2. The average Bonchev–Trinajstić information content (AvgIpc) is 2.86. The molecule has 1 aliphatic rings. The molecule has 0 aromatic carbocycles. The molecule has 0 aliphatic carbocycles. The number of piperidine rings is 1. The van der Waals surface area contributed by atoms with E-state index in [-0.39, 0.29) is 12.0 Å². The first kappa shape index (κ1) is 16.0. The lowest BCUT2D eigenvalue weighted by molar-refractivity contribution is 0.0148. The Morgan fingerprint density at radius 2 is 2.19 bits per heavy atom. The molecule has 1 aliphatic heterocycles. The molecular formula is C14H24N4O2S. The maximum atomic E-state index is 12.5. The van der Waals surface area contributed by atoms with Crippen molar-refractivity contribution in [3.63, 3.8) is 0 Å². The second kappa shape index (κ2) is 7.61. The number of rotatable bonds is 6. The van der Waals surface area contributed by atoms with Crippen LogP contribution in [-0.4, -0.2) is 48.1 Å². The van der Waals surface area contributed by atoms with Crippen molar-refractivity contribution in [2.45, 2.75) is 39.2 Å². The molecule has 1 aromatic rings. The van der Waals surface area contributed by atoms with Crippen LogP contribution in [0.3, 0.4) is 0 Å². The fourth-order valence-corrected chi connectivity index (χ4v) is 3.28. The van der Waals surface area contributed by atoms with Crippen molar-refractivity contribution in [3.05, 3.63) is 4.88 Å². The van der Waals surface area contributed by atoms with E-state index < -0.39 is 0 Å². The first-order chi connectivity index (χ1) is 10.2. The van der Waals surface area contributed by atoms with Crippen molar-refractivity contribution >= 4 is 28.2 Å². The number of ether oxygens (including phenoxy) is 1. The van der Waals surface area contributed by atoms with E-state index in [1.807, 2.05) is 11.8 Å². The number of amides is 1. The molecule has 118 valence electrons. The fourth-order valence-electron chi connectivity index (χ4n) is 2.40. The van der Waals surface area contributed by atoms with Crippen molar-refractivity contribution in [1.82, 2.24) is 9.88 Å². The van der Waals surface area contributed by atoms with Gasteiger partial charge in [0.15, 0.2) is 5.13 Å². The number of nitrogens with zero attached hydrogens (tertiary/aromatic N) is 2. The number of anilines is 2. The van der Waals surface area contributed by atoms with Crippen LogP contribution in [0, 0.1) is 0 Å². The van der Waals surface area contributed by atoms with Crippen molar-refractivity contribution in [2.75, 3.05) is 37.3 Å². The van der Waals surface area contributed by atoms with Gasteiger partial charge in [-0.1, -0.05) is 18.3 Å². The summed E-state index contributed by atoms with van der Waals surface area (Å²) in [6.07, 6.45) is 3.06. The molecule has 2 heterocycles. The summed E-state index contributed by atoms with van der Waals surface area (Å²) < 4.78 is 5.61. The van der Waals surface area contributed by atoms with Gasteiger partial charge in [0, 0.05) is 26.2 Å². The largest absolute Gasteiger partial charge is 0.382 e. The van der Waals surface area contributed by atoms with Crippen LogP contribution in [0.25, 0.3) is 0 Å². The molecule has 0 bridgehead atoms. The summed E-state index contributed by atoms with van der Waals surface area (Å²) in [6.45, 7) is 7.09. The highest BCUT2D eigenvalue weighted by Crippen LogP contribution is 2.27. The van der Waals surface area contributed by atoms with E-state index in [2.05, 4.69) is 17.2 Å². The lowest BCUT2D eigenvalue weighted by atomic mass is 10.1. The quantitative estimate of drug-likeness (QED) is 0.841. The van der Waals surface area contributed by atoms with Gasteiger partial charge >= 0.3 is 0 Å². The molecule has 0 spiro atoms. The smallest absolute Gasteiger partial charge is 0.267 e. The summed E-state index contributed by atoms with van der Waals surface area (Å²) in [5.41, 5.74) is 5.88. The highest BCUT2D eigenvalue weighted by Gasteiger charge is 2.26. The van der Waals surface area contributed by atoms with Crippen LogP contribution in [0.2, 0.25) is 0 Å². The van der Waals surface area contributed by atoms with Crippen molar-refractivity contribution < 1.29 is 9.53 Å². The third-order valence-corrected chi connectivity index (χ3v) is 4.52. The van der Waals surface area contributed by atoms with Crippen molar-refractivity contribution in [2.24, 2.45) is 0 Å². The zero-order valence-electron chi connectivity index (χ0n) is 12.7. The van der Waals surface area contributed by atoms with Crippen molar-refractivity contribution in [1.29, 1.82) is 0 Å². The zero-order valence-corrected chi connectivity index (χ0v) is 13.5. The number of carbonyl (C=O) groups excluding carboxylic acids is 1. The molecule has 6 nitrogen and oxygen atoms in total. The maximum Gasteiger partial charge on any atom is 0.267 e. The van der Waals surface area contributed by atoms with Gasteiger partial charge in [-0.15, -0.1) is 0 Å². The molecule has 0 saturated carbocycles. The summed E-state index contributed by atoms with van der Waals surface area (Å²) >= 11 is 1.34. The van der Waals surface area contributed by atoms with E-state index in [0.29, 0.717) is 10.7 Å². The minimum Gasteiger partial charge on any atom is -0.382 e. The molecule has 0 radical (unpaired) electrons. The highest BCUT2D eigenvalue weighted by molar-refractivity contribution is 7.18. The molecule has 1 saturated heterocycles. The summed E-state index contributed by atoms with van der Waals surface area (Å²) in [6, 6.07) is 0. The molecule has 7 heteroatoms. The number of thiazole rings is 1. The van der Waals surface area contributed by atoms with Crippen LogP contribution in [0.5, 0.6) is 0 Å². The Morgan fingerprint density at radius 3 is 2.81 bits per heavy atom. The van der Waals surface area contributed by atoms with Crippen LogP contribution in [0.1, 0.15) is 42.8 Å². The van der Waals surface area contributed by atoms with E-state index in [1.165, 1.54) is 11.3 Å². The number of nitrogens with two attached hydrogens (primary N) is 1. The number of nitrogens with one attached hydrogen (secondary N) is 1. The third kappa shape index (κ3) is 4.07. The number of nitrogen functional groups attached to an aromatic ring is 1. The second-order valence-corrected chi connectivity index (χ2v) is 6.11. The third-order valence-electron chi connectivity index (χ3n) is 3.51. The Bertz CT molecular complexity index is 470. The van der Waals surface area contributed by atoms with Gasteiger partial charge in [0.2, 0.25) is 0 Å². The molecule has 1 fully saturated rings. The van der Waals surface area contributed by atoms with Crippen LogP contribution in [0.15, 0.2) is 0 Å². The van der Waals surface area contributed by atoms with Gasteiger partial charge in [-0.05, 0) is 26.2 Å². The Kier molecular flexibility index (Phi) is 5.81. The number of aromatic nitrogens is 1. The maximum absolute atomic E-state index is 12.5. The molecule has 2 rings (SSSR count). The van der Waals surface area contributed by atoms with Crippen LogP contribution >= 0.6 is 11.3 Å². The molecule has 3 N–H and O–H groups in total. The number of carbonyl (C=O) groups is 1. The fraction of sp³-hybridized carbons (Fsp3) is 0.714. The molecule has 0 unspecified atom stereocenters. The Hall–Kier alpha value is -1.34. The summed E-state index contributed by atoms with van der Waals surface area (Å²) in [7, 11) is 0. The highest BCUT2D eigenvalue weighted by atomic mass is 32.1. The van der Waals surface area contributed by atoms with Crippen LogP contribution in [-0.2, 0) is 4.74 Å². The normalized spacial score (nSPS) is 16.2. The standard InChI is InChI=1S/C14H24N4O2S/c1-3-7-16-14-17-12(15)11(21-14)13(19)18-8-5-10(6-9-18)20-4-2/h10H,3-9,15H2,1-2H3,(H,16,17). The van der Waals surface area contributed by atoms with Gasteiger partial charge in [0.1, 0.15) is 10.7 Å². The SMILES string of the molecule is CCCNc1nc(N)c(C(=O)N2CCC(OCC)CC2)s1. The van der Waals surface area contributed by atoms with E-state index in [0.717, 1.165) is 50.6 Å². The van der Waals surface area contributed by atoms with Gasteiger partial charge in [0.05, 0.1) is 6.10 Å². The second-order valence-electron chi connectivity index (χ2n) is 5.11. The first-order valence-corrected chi connectivity index (χ1v) is 8.38. The minimum atomic E-state index is -0.00973. The van der Waals surface area contributed by atoms with Crippen molar-refractivity contribution in [3.8, 4) is 0 Å². The van der Waals surface area contributed by atoms with Crippen LogP contribution in [0.4, 0.5) is 10.9 Å². The average molecular weight is 312 g/mol. The predicted octanol–water partition coefficient (Wildman–Crippen LogP) is 2.19. The molecule has 1 amide bonds. The molecular weight excluding hydrogens is 288 g/mol. The topological polar surface area (TPSA) is 80.5 Å². The minimum absolute atomic E-state index is 0.00973. The molecule has 0 atom stereocenters. The number of hydrogen-bond acceptors (Lipinski definition) is 6. The van der Waals surface area contributed by atoms with Gasteiger partial charge in [-0.3, -0.25) is 4.79 Å². The van der Waals surface area contributed by atoms with E-state index in [4.69, 9.17) is 10.5 Å². The van der Waals surface area contributed by atoms with E-state index in [1.54, 1.807) is 0 Å². The lowest BCUT2D eigenvalue weighted by Crippen LogP contribution is -2.40. The molecule has 21 heavy (non-hydrogen) atoms. The first-order valence-electron chi connectivity index (χ1n) is 7.56. The lowest BCUT2D eigenvalue weighted by Gasteiger charge is -2.31. The van der Waals surface area contributed by atoms with Gasteiger partial charge in [-0.25, -0.2) is 4.98 Å². The van der Waals surface area contributed by atoms with Gasteiger partial charge in [0.25, 0.3) is 5.91 Å². The Labute approximate surface area is 129 Å². The molecule has 1 aromatic heterocycles. The number of hydrogen-bond donors (Lipinski definition) is 2. The van der Waals surface area contributed by atoms with E-state index >= 15 is 0 Å².